The summed E-state index contributed by atoms with van der Waals surface area (Å²) in [6.45, 7) is 2.72. The molecule has 0 saturated carbocycles. The van der Waals surface area contributed by atoms with Gasteiger partial charge in [0.1, 0.15) is 0 Å². The van der Waals surface area contributed by atoms with E-state index in [2.05, 4.69) is 0 Å². The minimum atomic E-state index is -4.11. The Morgan fingerprint density at radius 2 is 0.885 bits per heavy atom. The average Bonchev–Trinajstić information content (AvgIpc) is 3.17. The van der Waals surface area contributed by atoms with Crippen LogP contribution in [0.25, 0.3) is 9.75 Å². The zero-order valence-electron chi connectivity index (χ0n) is 13.0. The van der Waals surface area contributed by atoms with Crippen LogP contribution in [-0.2, 0) is 0 Å². The van der Waals surface area contributed by atoms with E-state index < -0.39 is 55.9 Å². The normalized spacial score (nSPS) is 20.1. The Hall–Kier alpha value is -2.20. The molecular formula is C16H6F4O4S2. The van der Waals surface area contributed by atoms with Gasteiger partial charge in [-0.15, -0.1) is 22.7 Å². The number of thiophene rings is 2. The highest BCUT2D eigenvalue weighted by molar-refractivity contribution is 7.25. The molecule has 4 nitrogen and oxygen atoms in total. The molecule has 0 bridgehead atoms. The highest BCUT2D eigenvalue weighted by atomic mass is 32.1. The van der Waals surface area contributed by atoms with E-state index in [1.165, 1.54) is 13.8 Å². The van der Waals surface area contributed by atoms with Crippen LogP contribution in [0.3, 0.4) is 0 Å². The van der Waals surface area contributed by atoms with Gasteiger partial charge in [-0.2, -0.15) is 17.6 Å². The number of alkyl halides is 4. The van der Waals surface area contributed by atoms with E-state index in [9.17, 15) is 36.7 Å². The van der Waals surface area contributed by atoms with Gasteiger partial charge in [0.15, 0.2) is 0 Å². The Morgan fingerprint density at radius 3 is 1.15 bits per heavy atom. The topological polar surface area (TPSA) is 68.3 Å². The molecule has 0 aliphatic heterocycles. The van der Waals surface area contributed by atoms with Gasteiger partial charge < -0.3 is 0 Å². The molecule has 0 atom stereocenters. The number of carbonyl (C=O) groups excluding carboxylic acids is 4. The summed E-state index contributed by atoms with van der Waals surface area (Å²) in [5.41, 5.74) is -0.572. The van der Waals surface area contributed by atoms with Gasteiger partial charge in [-0.3, -0.25) is 19.2 Å². The van der Waals surface area contributed by atoms with Gasteiger partial charge in [-0.1, -0.05) is 0 Å². The molecular weight excluding hydrogens is 396 g/mol. The van der Waals surface area contributed by atoms with Crippen molar-refractivity contribution in [3.8, 4) is 9.75 Å². The first-order valence-corrected chi connectivity index (χ1v) is 8.77. The number of rotatable bonds is 1. The van der Waals surface area contributed by atoms with E-state index in [4.69, 9.17) is 0 Å². The highest BCUT2D eigenvalue weighted by Gasteiger charge is 2.59. The summed E-state index contributed by atoms with van der Waals surface area (Å²) < 4.78 is 54.4. The number of halogens is 4. The lowest BCUT2D eigenvalue weighted by Gasteiger charge is -2.07. The van der Waals surface area contributed by atoms with E-state index in [1.807, 2.05) is 0 Å². The van der Waals surface area contributed by atoms with Gasteiger partial charge in [0.05, 0.1) is 9.75 Å². The first-order valence-electron chi connectivity index (χ1n) is 7.14. The van der Waals surface area contributed by atoms with E-state index in [1.54, 1.807) is 0 Å². The fourth-order valence-electron chi connectivity index (χ4n) is 3.13. The fraction of sp³-hybridized carbons (Fsp3) is 0.250. The number of fused-ring (bicyclic) bond motifs is 2. The van der Waals surface area contributed by atoms with Crippen LogP contribution in [0.5, 0.6) is 0 Å². The molecule has 4 rings (SSSR count). The lowest BCUT2D eigenvalue weighted by atomic mass is 10.0. The van der Waals surface area contributed by atoms with Crippen molar-refractivity contribution >= 4 is 45.8 Å². The lowest BCUT2D eigenvalue weighted by Crippen LogP contribution is -2.30. The molecule has 0 spiro atoms. The number of hydrogen-bond acceptors (Lipinski definition) is 6. The van der Waals surface area contributed by atoms with Gasteiger partial charge in [-0.05, 0) is 25.0 Å². The molecule has 0 saturated heterocycles. The minimum Gasteiger partial charge on any atom is -0.287 e. The van der Waals surface area contributed by atoms with Crippen LogP contribution in [-0.4, -0.2) is 35.0 Å². The van der Waals surface area contributed by atoms with Crippen molar-refractivity contribution in [3.05, 3.63) is 32.0 Å². The number of ketones is 4. The monoisotopic (exact) mass is 402 g/mol. The Morgan fingerprint density at radius 1 is 0.577 bits per heavy atom. The van der Waals surface area contributed by atoms with Gasteiger partial charge in [0, 0.05) is 20.9 Å². The Labute approximate surface area is 150 Å². The van der Waals surface area contributed by atoms with Crippen molar-refractivity contribution in [2.45, 2.75) is 25.7 Å². The molecule has 0 N–H and O–H groups in total. The van der Waals surface area contributed by atoms with Crippen LogP contribution in [0.15, 0.2) is 0 Å². The van der Waals surface area contributed by atoms with E-state index in [-0.39, 0.29) is 20.9 Å². The summed E-state index contributed by atoms with van der Waals surface area (Å²) in [7, 11) is 0. The third kappa shape index (κ3) is 1.73. The number of hydrogen-bond donors (Lipinski definition) is 0. The molecule has 134 valence electrons. The summed E-state index contributed by atoms with van der Waals surface area (Å²) >= 11 is 1.28. The third-order valence-corrected chi connectivity index (χ3v) is 7.25. The molecule has 10 heteroatoms. The zero-order valence-corrected chi connectivity index (χ0v) is 14.6. The van der Waals surface area contributed by atoms with E-state index >= 15 is 0 Å². The van der Waals surface area contributed by atoms with Crippen molar-refractivity contribution in [3.63, 3.8) is 0 Å². The van der Waals surface area contributed by atoms with E-state index in [0.29, 0.717) is 22.7 Å². The number of carbonyl (C=O) groups is 4. The van der Waals surface area contributed by atoms with Crippen molar-refractivity contribution in [2.24, 2.45) is 0 Å². The standard InChI is InChI=1S/C16H6F4O4S2/c1-3-5-9(13(23)15(17,18)11(5)21)25-7(3)8-4(2)6-10(26-8)14(24)16(19,20)12(6)22/h1-2H3. The van der Waals surface area contributed by atoms with Crippen LogP contribution >= 0.6 is 22.7 Å². The van der Waals surface area contributed by atoms with Crippen LogP contribution in [0.2, 0.25) is 0 Å². The van der Waals surface area contributed by atoms with Crippen LogP contribution in [0.1, 0.15) is 51.2 Å². The lowest BCUT2D eigenvalue weighted by molar-refractivity contribution is 0.0187. The molecule has 0 amide bonds. The van der Waals surface area contributed by atoms with Crippen molar-refractivity contribution in [1.82, 2.24) is 0 Å². The minimum absolute atomic E-state index is 0.107. The molecule has 2 aliphatic rings. The Bertz CT molecular complexity index is 1000. The highest BCUT2D eigenvalue weighted by Crippen LogP contribution is 2.51. The second-order valence-electron chi connectivity index (χ2n) is 5.99. The SMILES string of the molecule is Cc1c(-c2sc3c(c2C)C(=O)C(F)(F)C3=O)sc2c1C(=O)C(F)(F)C2=O. The maximum absolute atomic E-state index is 13.6. The first kappa shape index (κ1) is 17.2. The second-order valence-corrected chi connectivity index (χ2v) is 8.03. The van der Waals surface area contributed by atoms with Crippen molar-refractivity contribution < 1.29 is 36.7 Å². The van der Waals surface area contributed by atoms with Gasteiger partial charge >= 0.3 is 11.8 Å². The second kappa shape index (κ2) is 4.74. The molecule has 0 fully saturated rings. The molecule has 2 heterocycles. The van der Waals surface area contributed by atoms with Crippen LogP contribution in [0, 0.1) is 13.8 Å². The molecule has 2 aliphatic carbocycles. The molecule has 26 heavy (non-hydrogen) atoms. The smallest absolute Gasteiger partial charge is 0.287 e. The quantitative estimate of drug-likeness (QED) is 0.532. The van der Waals surface area contributed by atoms with Crippen LogP contribution < -0.4 is 0 Å². The largest absolute Gasteiger partial charge is 0.372 e. The summed E-state index contributed by atoms with van der Waals surface area (Å²) in [6, 6.07) is 0. The van der Waals surface area contributed by atoms with Gasteiger partial charge in [0.2, 0.25) is 11.6 Å². The summed E-state index contributed by atoms with van der Waals surface area (Å²) in [6.07, 6.45) is 0. The molecule has 2 aromatic heterocycles. The van der Waals surface area contributed by atoms with Gasteiger partial charge in [0.25, 0.3) is 11.6 Å². The van der Waals surface area contributed by atoms with Crippen molar-refractivity contribution in [2.75, 3.05) is 0 Å². The molecule has 0 aromatic carbocycles. The predicted octanol–water partition coefficient (Wildman–Crippen LogP) is 4.12. The van der Waals surface area contributed by atoms with Crippen molar-refractivity contribution in [1.29, 1.82) is 0 Å². The third-order valence-electron chi connectivity index (χ3n) is 4.51. The van der Waals surface area contributed by atoms with Crippen LogP contribution in [0.4, 0.5) is 17.6 Å². The fourth-order valence-corrected chi connectivity index (χ4v) is 5.93. The predicted molar refractivity (Wildman–Crippen MR) is 84.3 cm³/mol. The Kier molecular flexibility index (Phi) is 3.14. The zero-order chi connectivity index (χ0) is 19.3. The summed E-state index contributed by atoms with van der Waals surface area (Å²) in [4.78, 5) is 46.9. The van der Waals surface area contributed by atoms with Gasteiger partial charge in [-0.25, -0.2) is 0 Å². The molecule has 2 aromatic rings. The maximum atomic E-state index is 13.6. The summed E-state index contributed by atoms with van der Waals surface area (Å²) in [5.74, 6) is -14.6. The first-order chi connectivity index (χ1) is 11.9. The maximum Gasteiger partial charge on any atom is 0.372 e. The molecule has 0 unspecified atom stereocenters. The Balaban J connectivity index is 1.93. The average molecular weight is 402 g/mol. The summed E-state index contributed by atoms with van der Waals surface area (Å²) in [5, 5.41) is 0. The molecule has 0 radical (unpaired) electrons. The number of Topliss-reactive ketones (excluding diaryl/α,β-unsaturated/α-hetero) is 4. The van der Waals surface area contributed by atoms with E-state index in [0.717, 1.165) is 0 Å².